The number of hydrogen-bond acceptors (Lipinski definition) is 3. The first-order valence-corrected chi connectivity index (χ1v) is 27.4. The molecule has 360 valence electrons. The minimum absolute atomic E-state index is 0.00129. The first-order valence-electron chi connectivity index (χ1n) is 27.4. The Morgan fingerprint density at radius 3 is 1.85 bits per heavy atom. The van der Waals surface area contributed by atoms with E-state index in [2.05, 4.69) is 243 Å². The maximum atomic E-state index is 2.84. The lowest BCUT2D eigenvalue weighted by Gasteiger charge is -2.53. The molecule has 1 saturated carbocycles. The maximum Gasteiger partial charge on any atom is 0.252 e. The van der Waals surface area contributed by atoms with Gasteiger partial charge in [0.1, 0.15) is 0 Å². The molecule has 4 heteroatoms. The summed E-state index contributed by atoms with van der Waals surface area (Å²) in [5.74, 6) is 0. The minimum atomic E-state index is -0.361. The van der Waals surface area contributed by atoms with Gasteiger partial charge < -0.3 is 14.7 Å². The van der Waals surface area contributed by atoms with Crippen molar-refractivity contribution in [3.05, 3.63) is 196 Å². The molecule has 0 radical (unpaired) electrons. The zero-order valence-corrected chi connectivity index (χ0v) is 44.7. The highest BCUT2D eigenvalue weighted by Gasteiger charge is 2.59. The molecule has 15 rings (SSSR count). The molecule has 8 aromatic rings. The van der Waals surface area contributed by atoms with Crippen molar-refractivity contribution < 1.29 is 0 Å². The van der Waals surface area contributed by atoms with E-state index in [0.29, 0.717) is 0 Å². The van der Waals surface area contributed by atoms with Crippen molar-refractivity contribution in [1.29, 1.82) is 0 Å². The second-order valence-corrected chi connectivity index (χ2v) is 26.1. The molecule has 0 amide bonds. The van der Waals surface area contributed by atoms with E-state index < -0.39 is 0 Å². The Hall–Kier alpha value is -6.78. The summed E-state index contributed by atoms with van der Waals surface area (Å²) < 4.78 is 0. The van der Waals surface area contributed by atoms with E-state index in [9.17, 15) is 0 Å². The van der Waals surface area contributed by atoms with Crippen LogP contribution in [0.3, 0.4) is 0 Å². The van der Waals surface area contributed by atoms with E-state index in [1.807, 2.05) is 0 Å². The molecule has 3 nitrogen and oxygen atoms in total. The molecule has 0 saturated heterocycles. The van der Waals surface area contributed by atoms with Crippen LogP contribution in [0.4, 0.5) is 45.5 Å². The molecule has 0 aromatic heterocycles. The highest BCUT2D eigenvalue weighted by molar-refractivity contribution is 7.00. The summed E-state index contributed by atoms with van der Waals surface area (Å²) in [4.78, 5) is 8.37. The molecule has 4 aliphatic heterocycles. The lowest BCUT2D eigenvalue weighted by Crippen LogP contribution is -2.63. The normalized spacial score (nSPS) is 22.7. The second-order valence-electron chi connectivity index (χ2n) is 26.1. The number of fused-ring (bicyclic) bond motifs is 15. The summed E-state index contributed by atoms with van der Waals surface area (Å²) in [6, 6.07) is 60.4. The molecule has 3 aliphatic carbocycles. The van der Waals surface area contributed by atoms with Gasteiger partial charge >= 0.3 is 0 Å². The van der Waals surface area contributed by atoms with E-state index in [1.165, 1.54) is 148 Å². The molecule has 0 spiro atoms. The third kappa shape index (κ3) is 5.19. The lowest BCUT2D eigenvalue weighted by atomic mass is 9.32. The zero-order chi connectivity index (χ0) is 50.1. The fourth-order valence-corrected chi connectivity index (χ4v) is 16.3. The Balaban J connectivity index is 1.13. The fourth-order valence-electron chi connectivity index (χ4n) is 16.3. The van der Waals surface area contributed by atoms with E-state index in [0.717, 1.165) is 6.42 Å². The Morgan fingerprint density at radius 1 is 0.466 bits per heavy atom. The van der Waals surface area contributed by atoms with Gasteiger partial charge in [0.2, 0.25) is 0 Å². The van der Waals surface area contributed by atoms with Gasteiger partial charge in [-0.3, -0.25) is 0 Å². The first kappa shape index (κ1) is 43.8. The number of nitrogens with zero attached hydrogens (tertiary/aromatic N) is 3. The molecule has 3 unspecified atom stereocenters. The number of rotatable bonds is 2. The topological polar surface area (TPSA) is 9.72 Å². The Kier molecular flexibility index (Phi) is 8.32. The average molecular weight is 948 g/mol. The van der Waals surface area contributed by atoms with Crippen LogP contribution >= 0.6 is 0 Å². The number of hydrogen-bond donors (Lipinski definition) is 0. The van der Waals surface area contributed by atoms with Crippen LogP contribution in [-0.2, 0) is 27.1 Å². The second kappa shape index (κ2) is 13.9. The molecule has 4 heterocycles. The van der Waals surface area contributed by atoms with Crippen LogP contribution in [0.2, 0.25) is 0 Å². The molecule has 7 aliphatic rings. The summed E-state index contributed by atoms with van der Waals surface area (Å²) in [5.41, 5.74) is 30.6. The molecule has 3 atom stereocenters. The average Bonchev–Trinajstić information content (AvgIpc) is 3.88. The monoisotopic (exact) mass is 948 g/mol. The van der Waals surface area contributed by atoms with Crippen LogP contribution in [0.5, 0.6) is 0 Å². The van der Waals surface area contributed by atoms with Crippen molar-refractivity contribution >= 4 is 68.6 Å². The van der Waals surface area contributed by atoms with Gasteiger partial charge in [0.05, 0.1) is 16.9 Å². The van der Waals surface area contributed by atoms with Gasteiger partial charge in [0, 0.05) is 55.9 Å². The van der Waals surface area contributed by atoms with Crippen molar-refractivity contribution in [3.8, 4) is 22.3 Å². The first-order chi connectivity index (χ1) is 34.9. The van der Waals surface area contributed by atoms with Gasteiger partial charge in [0.25, 0.3) is 6.71 Å². The Morgan fingerprint density at radius 2 is 1.08 bits per heavy atom. The van der Waals surface area contributed by atoms with Gasteiger partial charge in [0.15, 0.2) is 0 Å². The summed E-state index contributed by atoms with van der Waals surface area (Å²) in [6.07, 6.45) is 4.81. The van der Waals surface area contributed by atoms with Crippen molar-refractivity contribution in [1.82, 2.24) is 0 Å². The largest absolute Gasteiger partial charge is 0.334 e. The van der Waals surface area contributed by atoms with E-state index in [1.54, 1.807) is 0 Å². The molecule has 1 fully saturated rings. The van der Waals surface area contributed by atoms with Gasteiger partial charge in [-0.05, 0) is 152 Å². The van der Waals surface area contributed by atoms with Gasteiger partial charge in [-0.15, -0.1) is 0 Å². The van der Waals surface area contributed by atoms with E-state index >= 15 is 0 Å². The molecule has 8 aromatic carbocycles. The third-order valence-corrected chi connectivity index (χ3v) is 20.0. The van der Waals surface area contributed by atoms with E-state index in [4.69, 9.17) is 0 Å². The highest BCUT2D eigenvalue weighted by Crippen LogP contribution is 2.66. The number of anilines is 8. The van der Waals surface area contributed by atoms with Crippen LogP contribution < -0.4 is 31.1 Å². The molecule has 0 bridgehead atoms. The zero-order valence-electron chi connectivity index (χ0n) is 44.7. The summed E-state index contributed by atoms with van der Waals surface area (Å²) in [5, 5.41) is 0. The molecular weight excluding hydrogens is 882 g/mol. The van der Waals surface area contributed by atoms with Crippen molar-refractivity contribution in [2.75, 3.05) is 14.7 Å². The quantitative estimate of drug-likeness (QED) is 0.160. The Bertz CT molecular complexity index is 3790. The number of benzene rings is 8. The number of para-hydroxylation sites is 1. The van der Waals surface area contributed by atoms with Crippen molar-refractivity contribution in [3.63, 3.8) is 0 Å². The third-order valence-electron chi connectivity index (χ3n) is 20.0. The standard InChI is InChI=1S/C69H66BN3/c1-64(2,3)41-32-34-51-56(38-41)71(54-30-21-28-49-59(54)45-23-13-14-25-46(45)66(49,7)8)57-39-42(73-53-29-17-16-27-48(53)67(9)36-18-19-37-68(67,73)10)40-58-62(57)70(51)52-35-33-50(65(4,5)6)61-63(52)72(58)55-31-20-24-44-43-22-12-15-26-47(43)69(61,11)60(44)55/h12-17,20-35,38-40H,18-19,36-37H2,1-11H3. The smallest absolute Gasteiger partial charge is 0.252 e. The van der Waals surface area contributed by atoms with E-state index in [-0.39, 0.29) is 39.3 Å². The lowest BCUT2D eigenvalue weighted by molar-refractivity contribution is 0.195. The highest BCUT2D eigenvalue weighted by atomic mass is 15.3. The minimum Gasteiger partial charge on any atom is -0.334 e. The molecule has 73 heavy (non-hydrogen) atoms. The van der Waals surface area contributed by atoms with Crippen LogP contribution in [0, 0.1) is 0 Å². The summed E-state index contributed by atoms with van der Waals surface area (Å²) >= 11 is 0. The van der Waals surface area contributed by atoms with Crippen LogP contribution in [0.1, 0.15) is 146 Å². The predicted octanol–water partition coefficient (Wildman–Crippen LogP) is 16.1. The van der Waals surface area contributed by atoms with Crippen molar-refractivity contribution in [2.45, 2.75) is 134 Å². The SMILES string of the molecule is CC(C)(C)c1ccc2c(c1)N(c1cccc3c1-c1ccccc1C3(C)C)c1cc(N3c4ccccc4C4(C)CCCCC34C)cc3c1B2c1ccc(C(C)(C)C)c2c1N3c1cccc3c1C2(C)c1ccccc1-3. The summed E-state index contributed by atoms with van der Waals surface area (Å²) in [7, 11) is 0. The van der Waals surface area contributed by atoms with Crippen molar-refractivity contribution in [2.24, 2.45) is 0 Å². The summed E-state index contributed by atoms with van der Waals surface area (Å²) in [6.45, 7) is 27.0. The van der Waals surface area contributed by atoms with Crippen LogP contribution in [0.25, 0.3) is 22.3 Å². The fraction of sp³-hybridized carbons (Fsp3) is 0.304. The molecular formula is C69H66BN3. The van der Waals surface area contributed by atoms with Gasteiger partial charge in [-0.25, -0.2) is 0 Å². The Labute approximate surface area is 434 Å². The maximum absolute atomic E-state index is 2.84. The van der Waals surface area contributed by atoms with Gasteiger partial charge in [-0.1, -0.05) is 190 Å². The van der Waals surface area contributed by atoms with Gasteiger partial charge in [-0.2, -0.15) is 0 Å². The predicted molar refractivity (Wildman–Crippen MR) is 309 cm³/mol. The molecule has 0 N–H and O–H groups in total. The van der Waals surface area contributed by atoms with Crippen LogP contribution in [-0.4, -0.2) is 12.3 Å². The van der Waals surface area contributed by atoms with Crippen LogP contribution in [0.15, 0.2) is 152 Å².